The Bertz CT molecular complexity index is 534. The van der Waals surface area contributed by atoms with Crippen LogP contribution in [0.5, 0.6) is 0 Å². The average Bonchev–Trinajstić information content (AvgIpc) is 2.37. The van der Waals surface area contributed by atoms with Crippen molar-refractivity contribution < 1.29 is 14.8 Å². The number of terminal acetylenes is 1. The third kappa shape index (κ3) is 3.45. The second kappa shape index (κ2) is 6.40. The van der Waals surface area contributed by atoms with Gasteiger partial charge in [-0.3, -0.25) is 10.1 Å². The first kappa shape index (κ1) is 14.5. The van der Waals surface area contributed by atoms with Gasteiger partial charge in [0.05, 0.1) is 22.7 Å². The minimum atomic E-state index is -1.21. The van der Waals surface area contributed by atoms with Crippen LogP contribution in [0.4, 0.5) is 11.4 Å². The molecule has 19 heavy (non-hydrogen) atoms. The molecule has 0 aliphatic heterocycles. The number of carboxylic acid groups (broad SMARTS) is 1. The molecule has 0 unspecified atom stereocenters. The van der Waals surface area contributed by atoms with Crippen molar-refractivity contribution in [3.8, 4) is 12.3 Å². The van der Waals surface area contributed by atoms with Gasteiger partial charge in [0.15, 0.2) is 0 Å². The maximum Gasteiger partial charge on any atom is 0.338 e. The summed E-state index contributed by atoms with van der Waals surface area (Å²) in [6.45, 7) is 2.78. The lowest BCUT2D eigenvalue weighted by Gasteiger charge is -2.23. The van der Waals surface area contributed by atoms with E-state index >= 15 is 0 Å². The largest absolute Gasteiger partial charge is 0.478 e. The summed E-state index contributed by atoms with van der Waals surface area (Å²) in [7, 11) is 0. The van der Waals surface area contributed by atoms with E-state index in [1.165, 1.54) is 12.1 Å². The number of nitro benzene ring substituents is 1. The molecule has 1 rings (SSSR count). The molecule has 0 saturated heterocycles. The molecule has 6 heteroatoms. The van der Waals surface area contributed by atoms with Crippen LogP contribution in [-0.2, 0) is 0 Å². The lowest BCUT2D eigenvalue weighted by Crippen LogP contribution is -2.26. The molecule has 0 bridgehead atoms. The van der Waals surface area contributed by atoms with Crippen molar-refractivity contribution >= 4 is 17.3 Å². The minimum Gasteiger partial charge on any atom is -0.478 e. The van der Waals surface area contributed by atoms with E-state index in [1.54, 1.807) is 4.90 Å². The molecule has 0 radical (unpaired) electrons. The van der Waals surface area contributed by atoms with Gasteiger partial charge in [-0.2, -0.15) is 0 Å². The van der Waals surface area contributed by atoms with Crippen LogP contribution in [0.1, 0.15) is 23.7 Å². The molecule has 0 heterocycles. The van der Waals surface area contributed by atoms with E-state index in [4.69, 9.17) is 11.5 Å². The molecule has 100 valence electrons. The van der Waals surface area contributed by atoms with Crippen LogP contribution in [-0.4, -0.2) is 29.1 Å². The Hall–Kier alpha value is -2.55. The highest BCUT2D eigenvalue weighted by atomic mass is 16.6. The number of non-ortho nitro benzene ring substituents is 1. The predicted molar refractivity (Wildman–Crippen MR) is 71.4 cm³/mol. The number of carboxylic acids is 1. The molecule has 0 atom stereocenters. The van der Waals surface area contributed by atoms with Gasteiger partial charge in [0.2, 0.25) is 0 Å². The minimum absolute atomic E-state index is 0.113. The summed E-state index contributed by atoms with van der Waals surface area (Å²) in [5, 5.41) is 19.8. The number of nitro groups is 1. The fourth-order valence-electron chi connectivity index (χ4n) is 1.75. The van der Waals surface area contributed by atoms with Gasteiger partial charge in [0.25, 0.3) is 5.69 Å². The Morgan fingerprint density at radius 2 is 2.26 bits per heavy atom. The molecule has 0 saturated carbocycles. The monoisotopic (exact) mass is 262 g/mol. The second-order valence-corrected chi connectivity index (χ2v) is 3.89. The van der Waals surface area contributed by atoms with Crippen molar-refractivity contribution in [3.63, 3.8) is 0 Å². The van der Waals surface area contributed by atoms with E-state index in [2.05, 4.69) is 5.92 Å². The SMILES string of the molecule is C#CCN(CCC)c1ccc([N+](=O)[O-])cc1C(=O)O. The van der Waals surface area contributed by atoms with Crippen LogP contribution in [0.3, 0.4) is 0 Å². The number of hydrogen-bond acceptors (Lipinski definition) is 4. The summed E-state index contributed by atoms with van der Waals surface area (Å²) in [6, 6.07) is 3.76. The zero-order valence-corrected chi connectivity index (χ0v) is 10.5. The van der Waals surface area contributed by atoms with Crippen LogP contribution < -0.4 is 4.90 Å². The van der Waals surface area contributed by atoms with Gasteiger partial charge >= 0.3 is 5.97 Å². The van der Waals surface area contributed by atoms with E-state index in [-0.39, 0.29) is 17.8 Å². The molecule has 0 aliphatic rings. The predicted octanol–water partition coefficient (Wildman–Crippen LogP) is 2.14. The van der Waals surface area contributed by atoms with Crippen molar-refractivity contribution in [1.82, 2.24) is 0 Å². The lowest BCUT2D eigenvalue weighted by molar-refractivity contribution is -0.384. The zero-order chi connectivity index (χ0) is 14.4. The Labute approximate surface area is 110 Å². The number of benzene rings is 1. The number of anilines is 1. The van der Waals surface area contributed by atoms with Gasteiger partial charge in [0.1, 0.15) is 0 Å². The van der Waals surface area contributed by atoms with Gasteiger partial charge in [-0.1, -0.05) is 12.8 Å². The maximum absolute atomic E-state index is 11.2. The molecule has 0 fully saturated rings. The maximum atomic E-state index is 11.2. The van der Waals surface area contributed by atoms with E-state index in [9.17, 15) is 14.9 Å². The van der Waals surface area contributed by atoms with Crippen LogP contribution in [0, 0.1) is 22.5 Å². The quantitative estimate of drug-likeness (QED) is 0.482. The van der Waals surface area contributed by atoms with Crippen molar-refractivity contribution in [2.75, 3.05) is 18.0 Å². The van der Waals surface area contributed by atoms with Crippen LogP contribution >= 0.6 is 0 Å². The van der Waals surface area contributed by atoms with E-state index in [0.717, 1.165) is 12.5 Å². The Morgan fingerprint density at radius 1 is 1.58 bits per heavy atom. The molecule has 6 nitrogen and oxygen atoms in total. The molecule has 1 aromatic carbocycles. The molecular weight excluding hydrogens is 248 g/mol. The lowest BCUT2D eigenvalue weighted by atomic mass is 10.1. The smallest absolute Gasteiger partial charge is 0.338 e. The highest BCUT2D eigenvalue weighted by Gasteiger charge is 2.19. The second-order valence-electron chi connectivity index (χ2n) is 3.89. The Balaban J connectivity index is 3.29. The van der Waals surface area contributed by atoms with Crippen molar-refractivity contribution in [2.24, 2.45) is 0 Å². The van der Waals surface area contributed by atoms with Crippen LogP contribution in [0.25, 0.3) is 0 Å². The molecule has 0 aromatic heterocycles. The summed E-state index contributed by atoms with van der Waals surface area (Å²) in [5.41, 5.74) is 0.0362. The van der Waals surface area contributed by atoms with Crippen molar-refractivity contribution in [3.05, 3.63) is 33.9 Å². The first-order chi connectivity index (χ1) is 9.01. The number of aromatic carboxylic acids is 1. The van der Waals surface area contributed by atoms with E-state index in [1.807, 2.05) is 6.92 Å². The molecule has 0 spiro atoms. The Morgan fingerprint density at radius 3 is 2.74 bits per heavy atom. The normalized spacial score (nSPS) is 9.68. The summed E-state index contributed by atoms with van der Waals surface area (Å²) in [6.07, 6.45) is 6.04. The molecule has 0 aliphatic carbocycles. The third-order valence-corrected chi connectivity index (χ3v) is 2.54. The highest BCUT2D eigenvalue weighted by Crippen LogP contribution is 2.25. The highest BCUT2D eigenvalue weighted by molar-refractivity contribution is 5.95. The summed E-state index contributed by atoms with van der Waals surface area (Å²) in [4.78, 5) is 23.0. The van der Waals surface area contributed by atoms with Crippen molar-refractivity contribution in [2.45, 2.75) is 13.3 Å². The summed E-state index contributed by atoms with van der Waals surface area (Å²) < 4.78 is 0. The van der Waals surface area contributed by atoms with Gasteiger partial charge in [-0.05, 0) is 12.5 Å². The summed E-state index contributed by atoms with van der Waals surface area (Å²) >= 11 is 0. The summed E-state index contributed by atoms with van der Waals surface area (Å²) in [5.74, 6) is 1.24. The van der Waals surface area contributed by atoms with Gasteiger partial charge < -0.3 is 10.0 Å². The first-order valence-corrected chi connectivity index (χ1v) is 5.71. The van der Waals surface area contributed by atoms with Crippen LogP contribution in [0.15, 0.2) is 18.2 Å². The van der Waals surface area contributed by atoms with Crippen molar-refractivity contribution in [1.29, 1.82) is 0 Å². The number of nitrogens with zero attached hydrogens (tertiary/aromatic N) is 2. The fraction of sp³-hybridized carbons (Fsp3) is 0.308. The number of rotatable bonds is 6. The van der Waals surface area contributed by atoms with E-state index < -0.39 is 10.9 Å². The molecule has 1 aromatic rings. The van der Waals surface area contributed by atoms with Gasteiger partial charge in [-0.15, -0.1) is 6.42 Å². The molecular formula is C13H14N2O4. The molecule has 0 amide bonds. The van der Waals surface area contributed by atoms with Gasteiger partial charge in [0, 0.05) is 18.7 Å². The molecule has 1 N–H and O–H groups in total. The first-order valence-electron chi connectivity index (χ1n) is 5.71. The average molecular weight is 262 g/mol. The number of hydrogen-bond donors (Lipinski definition) is 1. The third-order valence-electron chi connectivity index (χ3n) is 2.54. The standard InChI is InChI=1S/C13H14N2O4/c1-3-7-14(8-4-2)12-6-5-10(15(18)19)9-11(12)13(16)17/h1,5-6,9H,4,7-8H2,2H3,(H,16,17). The Kier molecular flexibility index (Phi) is 4.89. The van der Waals surface area contributed by atoms with Gasteiger partial charge in [-0.25, -0.2) is 4.79 Å². The van der Waals surface area contributed by atoms with Crippen LogP contribution in [0.2, 0.25) is 0 Å². The fourth-order valence-corrected chi connectivity index (χ4v) is 1.75. The topological polar surface area (TPSA) is 83.7 Å². The zero-order valence-electron chi connectivity index (χ0n) is 10.5. The van der Waals surface area contributed by atoms with E-state index in [0.29, 0.717) is 12.2 Å². The number of carbonyl (C=O) groups is 1.